The van der Waals surface area contributed by atoms with E-state index in [4.69, 9.17) is 4.84 Å². The van der Waals surface area contributed by atoms with E-state index in [9.17, 15) is 4.79 Å². The molecule has 2 heterocycles. The predicted octanol–water partition coefficient (Wildman–Crippen LogP) is 0.745. The van der Waals surface area contributed by atoms with E-state index in [-0.39, 0.29) is 11.5 Å². The lowest BCUT2D eigenvalue weighted by molar-refractivity contribution is -0.193. The van der Waals surface area contributed by atoms with Crippen LogP contribution in [0.1, 0.15) is 25.7 Å². The number of carbonyl (C=O) groups is 1. The Hall–Kier alpha value is -0.410. The number of hydrogen-bond donors (Lipinski definition) is 0. The molecule has 1 saturated carbocycles. The number of ketones is 1. The Morgan fingerprint density at radius 1 is 1.50 bits per heavy atom. The van der Waals surface area contributed by atoms with Crippen molar-refractivity contribution in [3.8, 4) is 0 Å². The highest BCUT2D eigenvalue weighted by molar-refractivity contribution is 5.84. The summed E-state index contributed by atoms with van der Waals surface area (Å²) in [6.07, 6.45) is 4.31. The molecule has 2 saturated heterocycles. The Bertz CT molecular complexity index is 235. The molecule has 0 N–H and O–H groups in total. The summed E-state index contributed by atoms with van der Waals surface area (Å²) in [5.41, 5.74) is 0.162. The van der Waals surface area contributed by atoms with Gasteiger partial charge >= 0.3 is 0 Å². The van der Waals surface area contributed by atoms with Gasteiger partial charge in [0.1, 0.15) is 5.78 Å². The van der Waals surface area contributed by atoms with E-state index in [2.05, 4.69) is 5.06 Å². The van der Waals surface area contributed by atoms with Crippen molar-refractivity contribution >= 4 is 5.78 Å². The van der Waals surface area contributed by atoms with Gasteiger partial charge in [0.15, 0.2) is 0 Å². The zero-order chi connectivity index (χ0) is 8.18. The van der Waals surface area contributed by atoms with Crippen LogP contribution in [0, 0.1) is 5.92 Å². The number of rotatable bonds is 0. The summed E-state index contributed by atoms with van der Waals surface area (Å²) < 4.78 is 0. The van der Waals surface area contributed by atoms with Crippen LogP contribution in [0.2, 0.25) is 0 Å². The van der Waals surface area contributed by atoms with Crippen LogP contribution in [0.25, 0.3) is 0 Å². The van der Waals surface area contributed by atoms with E-state index in [1.807, 2.05) is 0 Å². The lowest BCUT2D eigenvalue weighted by Gasteiger charge is -2.49. The molecule has 3 aliphatic rings. The highest BCUT2D eigenvalue weighted by Crippen LogP contribution is 2.50. The smallest absolute Gasteiger partial charge is 0.141 e. The second kappa shape index (κ2) is 2.09. The lowest BCUT2D eigenvalue weighted by Crippen LogP contribution is -2.58. The van der Waals surface area contributed by atoms with Crippen LogP contribution in [0.4, 0.5) is 0 Å². The van der Waals surface area contributed by atoms with Crippen molar-refractivity contribution < 1.29 is 9.63 Å². The highest BCUT2D eigenvalue weighted by atomic mass is 16.7. The zero-order valence-corrected chi connectivity index (χ0v) is 7.08. The van der Waals surface area contributed by atoms with Gasteiger partial charge in [0.2, 0.25) is 0 Å². The maximum absolute atomic E-state index is 11.6. The van der Waals surface area contributed by atoms with Crippen molar-refractivity contribution in [3.63, 3.8) is 0 Å². The van der Waals surface area contributed by atoms with Gasteiger partial charge in [-0.2, -0.15) is 5.06 Å². The average molecular weight is 167 g/mol. The monoisotopic (exact) mass is 167 g/mol. The Morgan fingerprint density at radius 3 is 2.92 bits per heavy atom. The molecule has 1 aliphatic carbocycles. The molecule has 0 radical (unpaired) electrons. The molecule has 2 atom stereocenters. The molecule has 12 heavy (non-hydrogen) atoms. The first-order valence-electron chi connectivity index (χ1n) is 4.76. The third kappa shape index (κ3) is 0.627. The molecule has 0 amide bonds. The molecule has 0 aromatic carbocycles. The van der Waals surface area contributed by atoms with Crippen LogP contribution in [0.3, 0.4) is 0 Å². The third-order valence-electron chi connectivity index (χ3n) is 3.71. The minimum absolute atomic E-state index is 0.162. The SMILES string of the molecule is O=C1CCN2OCC1C21CCC1. The molecule has 1 spiro atoms. The second-order valence-corrected chi connectivity index (χ2v) is 4.12. The van der Waals surface area contributed by atoms with Gasteiger partial charge in [0, 0.05) is 13.0 Å². The number of hydroxylamine groups is 2. The molecule has 66 valence electrons. The molecule has 3 fully saturated rings. The molecule has 2 bridgehead atoms. The molecule has 2 aliphatic heterocycles. The number of nitrogens with zero attached hydrogens (tertiary/aromatic N) is 1. The van der Waals surface area contributed by atoms with Gasteiger partial charge in [0.05, 0.1) is 18.1 Å². The Morgan fingerprint density at radius 2 is 2.33 bits per heavy atom. The zero-order valence-electron chi connectivity index (χ0n) is 7.08. The summed E-state index contributed by atoms with van der Waals surface area (Å²) in [5, 5.41) is 2.09. The molecule has 3 rings (SSSR count). The minimum atomic E-state index is 0.162. The Labute approximate surface area is 71.6 Å². The Balaban J connectivity index is 1.97. The number of hydrogen-bond acceptors (Lipinski definition) is 3. The minimum Gasteiger partial charge on any atom is -0.299 e. The van der Waals surface area contributed by atoms with E-state index in [1.54, 1.807) is 0 Å². The van der Waals surface area contributed by atoms with Gasteiger partial charge in [-0.1, -0.05) is 0 Å². The van der Waals surface area contributed by atoms with Crippen LogP contribution in [0.15, 0.2) is 0 Å². The van der Waals surface area contributed by atoms with Crippen molar-refractivity contribution in [3.05, 3.63) is 0 Å². The molecular formula is C9H13NO2. The lowest BCUT2D eigenvalue weighted by atomic mass is 9.65. The van der Waals surface area contributed by atoms with Gasteiger partial charge in [-0.25, -0.2) is 0 Å². The maximum atomic E-state index is 11.6. The highest BCUT2D eigenvalue weighted by Gasteiger charge is 2.58. The van der Waals surface area contributed by atoms with Crippen molar-refractivity contribution in [1.82, 2.24) is 5.06 Å². The van der Waals surface area contributed by atoms with E-state index in [1.165, 1.54) is 19.3 Å². The summed E-state index contributed by atoms with van der Waals surface area (Å²) in [5.74, 6) is 0.642. The largest absolute Gasteiger partial charge is 0.299 e. The maximum Gasteiger partial charge on any atom is 0.141 e. The van der Waals surface area contributed by atoms with Crippen molar-refractivity contribution in [2.45, 2.75) is 31.2 Å². The molecule has 2 unspecified atom stereocenters. The summed E-state index contributed by atoms with van der Waals surface area (Å²) >= 11 is 0. The summed E-state index contributed by atoms with van der Waals surface area (Å²) in [6, 6.07) is 0. The second-order valence-electron chi connectivity index (χ2n) is 4.12. The standard InChI is InChI=1S/C9H13NO2/c11-8-2-5-10-9(3-1-4-9)7(8)6-12-10/h7H,1-6H2. The summed E-state index contributed by atoms with van der Waals surface area (Å²) in [6.45, 7) is 1.48. The molecule has 0 aromatic heterocycles. The summed E-state index contributed by atoms with van der Waals surface area (Å²) in [7, 11) is 0. The first kappa shape index (κ1) is 7.04. The molecule has 0 aromatic rings. The number of carbonyl (C=O) groups excluding carboxylic acids is 1. The normalized spacial score (nSPS) is 43.2. The first-order valence-corrected chi connectivity index (χ1v) is 4.76. The van der Waals surface area contributed by atoms with Gasteiger partial charge in [-0.3, -0.25) is 9.63 Å². The van der Waals surface area contributed by atoms with Crippen LogP contribution < -0.4 is 0 Å². The quantitative estimate of drug-likeness (QED) is 0.533. The topological polar surface area (TPSA) is 29.5 Å². The van der Waals surface area contributed by atoms with Crippen LogP contribution in [0.5, 0.6) is 0 Å². The molecule has 3 heteroatoms. The first-order chi connectivity index (χ1) is 5.83. The summed E-state index contributed by atoms with van der Waals surface area (Å²) in [4.78, 5) is 17.1. The fraction of sp³-hybridized carbons (Fsp3) is 0.889. The van der Waals surface area contributed by atoms with E-state index < -0.39 is 0 Å². The van der Waals surface area contributed by atoms with Gasteiger partial charge in [0.25, 0.3) is 0 Å². The van der Waals surface area contributed by atoms with Gasteiger partial charge in [-0.05, 0) is 19.3 Å². The van der Waals surface area contributed by atoms with Crippen molar-refractivity contribution in [2.75, 3.05) is 13.2 Å². The van der Waals surface area contributed by atoms with Crippen LogP contribution in [-0.4, -0.2) is 29.5 Å². The van der Waals surface area contributed by atoms with Crippen LogP contribution >= 0.6 is 0 Å². The molecular weight excluding hydrogens is 154 g/mol. The van der Waals surface area contributed by atoms with E-state index in [0.717, 1.165) is 6.54 Å². The van der Waals surface area contributed by atoms with E-state index in [0.29, 0.717) is 18.8 Å². The fourth-order valence-electron chi connectivity index (χ4n) is 2.82. The predicted molar refractivity (Wildman–Crippen MR) is 42.4 cm³/mol. The third-order valence-corrected chi connectivity index (χ3v) is 3.71. The number of piperidine rings is 1. The fourth-order valence-corrected chi connectivity index (χ4v) is 2.82. The Kier molecular flexibility index (Phi) is 1.23. The van der Waals surface area contributed by atoms with E-state index >= 15 is 0 Å². The molecule has 3 nitrogen and oxygen atoms in total. The van der Waals surface area contributed by atoms with Crippen molar-refractivity contribution in [1.29, 1.82) is 0 Å². The van der Waals surface area contributed by atoms with Crippen LogP contribution in [-0.2, 0) is 9.63 Å². The van der Waals surface area contributed by atoms with Gasteiger partial charge in [-0.15, -0.1) is 0 Å². The van der Waals surface area contributed by atoms with Gasteiger partial charge < -0.3 is 0 Å². The van der Waals surface area contributed by atoms with Crippen molar-refractivity contribution in [2.24, 2.45) is 5.92 Å². The number of Topliss-reactive ketones (excluding diaryl/α,β-unsaturated/α-hetero) is 1. The average Bonchev–Trinajstić information content (AvgIpc) is 2.28.